The maximum absolute atomic E-state index is 4.97. The van der Waals surface area contributed by atoms with Gasteiger partial charge in [0.15, 0.2) is 6.33 Å². The first-order valence-corrected chi connectivity index (χ1v) is 6.24. The zero-order chi connectivity index (χ0) is 11.4. The van der Waals surface area contributed by atoms with Gasteiger partial charge >= 0.3 is 0 Å². The molecule has 1 saturated carbocycles. The van der Waals surface area contributed by atoms with Crippen LogP contribution in [0.5, 0.6) is 0 Å². The van der Waals surface area contributed by atoms with Crippen molar-refractivity contribution in [2.45, 2.75) is 45.6 Å². The molecule has 0 amide bonds. The summed E-state index contributed by atoms with van der Waals surface area (Å²) in [5.41, 5.74) is 0. The summed E-state index contributed by atoms with van der Waals surface area (Å²) in [5, 5.41) is 7.20. The van der Waals surface area contributed by atoms with E-state index in [9.17, 15) is 0 Å². The summed E-state index contributed by atoms with van der Waals surface area (Å²) in [6.45, 7) is 5.64. The summed E-state index contributed by atoms with van der Waals surface area (Å²) >= 11 is 0. The minimum atomic E-state index is 0.666. The lowest BCUT2D eigenvalue weighted by atomic mass is 9.80. The van der Waals surface area contributed by atoms with Crippen LogP contribution in [0, 0.1) is 11.8 Å². The second kappa shape index (κ2) is 5.43. The normalized spacial score (nSPS) is 30.5. The van der Waals surface area contributed by atoms with Crippen LogP contribution >= 0.6 is 0 Å². The van der Waals surface area contributed by atoms with E-state index in [4.69, 9.17) is 4.52 Å². The van der Waals surface area contributed by atoms with Gasteiger partial charge in [-0.15, -0.1) is 0 Å². The lowest BCUT2D eigenvalue weighted by Crippen LogP contribution is -2.39. The Balaban J connectivity index is 1.69. The van der Waals surface area contributed by atoms with Crippen molar-refractivity contribution in [3.63, 3.8) is 0 Å². The molecule has 3 atom stereocenters. The third-order valence-corrected chi connectivity index (χ3v) is 3.58. The first-order chi connectivity index (χ1) is 7.75. The minimum Gasteiger partial charge on any atom is -0.340 e. The summed E-state index contributed by atoms with van der Waals surface area (Å²) in [6, 6.07) is 0.666. The van der Waals surface area contributed by atoms with Crippen molar-refractivity contribution in [3.05, 3.63) is 12.2 Å². The van der Waals surface area contributed by atoms with E-state index in [1.165, 1.54) is 25.6 Å². The lowest BCUT2D eigenvalue weighted by molar-refractivity contribution is 0.227. The van der Waals surface area contributed by atoms with Crippen molar-refractivity contribution in [1.29, 1.82) is 0 Å². The second-order valence-corrected chi connectivity index (χ2v) is 5.04. The van der Waals surface area contributed by atoms with Crippen LogP contribution in [-0.4, -0.2) is 22.7 Å². The van der Waals surface area contributed by atoms with Gasteiger partial charge in [0.2, 0.25) is 5.89 Å². The van der Waals surface area contributed by atoms with E-state index in [1.54, 1.807) is 0 Å². The summed E-state index contributed by atoms with van der Waals surface area (Å²) in [5.74, 6) is 2.40. The summed E-state index contributed by atoms with van der Waals surface area (Å²) in [4.78, 5) is 4.01. The smallest absolute Gasteiger partial charge is 0.227 e. The standard InChI is InChI=1S/C12H21N3O/c1-9-3-4-11(10(2)7-9)13-6-5-12-14-8-15-16-12/h8-11,13H,3-7H2,1-2H3. The Morgan fingerprint density at radius 2 is 2.31 bits per heavy atom. The van der Waals surface area contributed by atoms with Crippen LogP contribution in [0.15, 0.2) is 10.9 Å². The average molecular weight is 223 g/mol. The Bertz CT molecular complexity index is 299. The van der Waals surface area contributed by atoms with E-state index >= 15 is 0 Å². The number of nitrogens with zero attached hydrogens (tertiary/aromatic N) is 2. The number of nitrogens with one attached hydrogen (secondary N) is 1. The third-order valence-electron chi connectivity index (χ3n) is 3.58. The first-order valence-electron chi connectivity index (χ1n) is 6.24. The molecule has 1 N–H and O–H groups in total. The molecule has 0 aromatic carbocycles. The quantitative estimate of drug-likeness (QED) is 0.848. The van der Waals surface area contributed by atoms with Crippen LogP contribution < -0.4 is 5.32 Å². The Morgan fingerprint density at radius 3 is 3.00 bits per heavy atom. The highest BCUT2D eigenvalue weighted by Crippen LogP contribution is 2.28. The molecule has 1 aromatic rings. The minimum absolute atomic E-state index is 0.666. The molecule has 1 aliphatic carbocycles. The maximum Gasteiger partial charge on any atom is 0.227 e. The molecule has 3 unspecified atom stereocenters. The molecule has 90 valence electrons. The van der Waals surface area contributed by atoms with Gasteiger partial charge in [0, 0.05) is 19.0 Å². The molecule has 0 radical (unpaired) electrons. The number of rotatable bonds is 4. The molecule has 2 rings (SSSR count). The van der Waals surface area contributed by atoms with E-state index in [2.05, 4.69) is 29.3 Å². The average Bonchev–Trinajstić information content (AvgIpc) is 2.74. The van der Waals surface area contributed by atoms with Crippen molar-refractivity contribution in [3.8, 4) is 0 Å². The highest BCUT2D eigenvalue weighted by Gasteiger charge is 2.24. The zero-order valence-corrected chi connectivity index (χ0v) is 10.1. The van der Waals surface area contributed by atoms with Gasteiger partial charge in [-0.05, 0) is 31.1 Å². The van der Waals surface area contributed by atoms with Crippen molar-refractivity contribution in [2.24, 2.45) is 11.8 Å². The molecular formula is C12H21N3O. The highest BCUT2D eigenvalue weighted by molar-refractivity contribution is 4.83. The van der Waals surface area contributed by atoms with Crippen LogP contribution in [0.2, 0.25) is 0 Å². The largest absolute Gasteiger partial charge is 0.340 e. The molecule has 16 heavy (non-hydrogen) atoms. The van der Waals surface area contributed by atoms with E-state index in [-0.39, 0.29) is 0 Å². The summed E-state index contributed by atoms with van der Waals surface area (Å²) in [7, 11) is 0. The van der Waals surface area contributed by atoms with Crippen molar-refractivity contribution in [1.82, 2.24) is 15.5 Å². The summed E-state index contributed by atoms with van der Waals surface area (Å²) in [6.07, 6.45) is 6.28. The molecule has 1 fully saturated rings. The van der Waals surface area contributed by atoms with E-state index in [0.717, 1.165) is 30.7 Å². The van der Waals surface area contributed by atoms with Gasteiger partial charge in [0.25, 0.3) is 0 Å². The van der Waals surface area contributed by atoms with Crippen LogP contribution in [-0.2, 0) is 6.42 Å². The second-order valence-electron chi connectivity index (χ2n) is 5.04. The van der Waals surface area contributed by atoms with Crippen molar-refractivity contribution >= 4 is 0 Å². The molecular weight excluding hydrogens is 202 g/mol. The van der Waals surface area contributed by atoms with Crippen LogP contribution in [0.25, 0.3) is 0 Å². The summed E-state index contributed by atoms with van der Waals surface area (Å²) < 4.78 is 4.97. The van der Waals surface area contributed by atoms with Gasteiger partial charge in [-0.1, -0.05) is 19.0 Å². The molecule has 0 spiro atoms. The van der Waals surface area contributed by atoms with Gasteiger partial charge in [-0.2, -0.15) is 4.98 Å². The first kappa shape index (κ1) is 11.6. The molecule has 1 heterocycles. The fraction of sp³-hybridized carbons (Fsp3) is 0.833. The number of hydrogen-bond donors (Lipinski definition) is 1. The molecule has 4 nitrogen and oxygen atoms in total. The molecule has 0 aliphatic heterocycles. The van der Waals surface area contributed by atoms with Crippen LogP contribution in [0.3, 0.4) is 0 Å². The molecule has 4 heteroatoms. The highest BCUT2D eigenvalue weighted by atomic mass is 16.5. The van der Waals surface area contributed by atoms with Gasteiger partial charge in [-0.3, -0.25) is 0 Å². The lowest BCUT2D eigenvalue weighted by Gasteiger charge is -2.33. The topological polar surface area (TPSA) is 51.0 Å². The van der Waals surface area contributed by atoms with Crippen LogP contribution in [0.4, 0.5) is 0 Å². The molecule has 1 aromatic heterocycles. The van der Waals surface area contributed by atoms with Gasteiger partial charge < -0.3 is 9.84 Å². The maximum atomic E-state index is 4.97. The van der Waals surface area contributed by atoms with Gasteiger partial charge in [-0.25, -0.2) is 0 Å². The fourth-order valence-corrected chi connectivity index (χ4v) is 2.64. The molecule has 1 aliphatic rings. The van der Waals surface area contributed by atoms with E-state index in [0.29, 0.717) is 6.04 Å². The van der Waals surface area contributed by atoms with Crippen molar-refractivity contribution in [2.75, 3.05) is 6.54 Å². The molecule has 0 saturated heterocycles. The third kappa shape index (κ3) is 3.04. The number of aromatic nitrogens is 2. The van der Waals surface area contributed by atoms with Crippen molar-refractivity contribution < 1.29 is 4.52 Å². The fourth-order valence-electron chi connectivity index (χ4n) is 2.64. The zero-order valence-electron chi connectivity index (χ0n) is 10.1. The monoisotopic (exact) mass is 223 g/mol. The SMILES string of the molecule is CC1CCC(NCCc2ncno2)C(C)C1. The predicted octanol–water partition coefficient (Wildman–Crippen LogP) is 2.03. The Kier molecular flexibility index (Phi) is 3.93. The Morgan fingerprint density at radius 1 is 1.44 bits per heavy atom. The van der Waals surface area contributed by atoms with E-state index < -0.39 is 0 Å². The Hall–Kier alpha value is -0.900. The Labute approximate surface area is 96.8 Å². The van der Waals surface area contributed by atoms with Gasteiger partial charge in [0.1, 0.15) is 0 Å². The predicted molar refractivity (Wildman–Crippen MR) is 62.0 cm³/mol. The van der Waals surface area contributed by atoms with Gasteiger partial charge in [0.05, 0.1) is 0 Å². The molecule has 0 bridgehead atoms. The van der Waals surface area contributed by atoms with Crippen LogP contribution in [0.1, 0.15) is 39.0 Å². The number of hydrogen-bond acceptors (Lipinski definition) is 4. The van der Waals surface area contributed by atoms with E-state index in [1.807, 2.05) is 0 Å².